The molecule has 0 aromatic heterocycles. The zero-order chi connectivity index (χ0) is 26.0. The maximum atomic E-state index is 10.6. The minimum Gasteiger partial charge on any atom is -0.480 e. The van der Waals surface area contributed by atoms with Crippen molar-refractivity contribution < 1.29 is 29.7 Å². The number of nitrogens with two attached hydrogens (primary N) is 2. The van der Waals surface area contributed by atoms with E-state index >= 15 is 0 Å². The molecule has 11 heteroatoms. The Balaban J connectivity index is 0. The van der Waals surface area contributed by atoms with E-state index in [1.807, 2.05) is 50.4 Å². The Morgan fingerprint density at radius 1 is 1.03 bits per heavy atom. The van der Waals surface area contributed by atoms with Gasteiger partial charge >= 0.3 is 79.2 Å². The van der Waals surface area contributed by atoms with Crippen LogP contribution in [0.3, 0.4) is 0 Å². The topological polar surface area (TPSA) is 176 Å². The molecule has 0 spiro atoms. The Bertz CT molecular complexity index is 721. The molecule has 0 bridgehead atoms. The monoisotopic (exact) mass is 551 g/mol. The summed E-state index contributed by atoms with van der Waals surface area (Å²) in [6.45, 7) is 5.14. The van der Waals surface area contributed by atoms with Crippen LogP contribution in [-0.2, 0) is 20.8 Å². The van der Waals surface area contributed by atoms with E-state index in [1.165, 1.54) is 6.92 Å². The Kier molecular flexibility index (Phi) is 19.7. The molecule has 0 unspecified atom stereocenters. The minimum atomic E-state index is -0.973. The molecule has 0 saturated carbocycles. The first-order chi connectivity index (χ1) is 15.3. The third-order valence-electron chi connectivity index (χ3n) is 3.95. The van der Waals surface area contributed by atoms with Crippen LogP contribution in [0.2, 0.25) is 0 Å². The van der Waals surface area contributed by atoms with Crippen LogP contribution in [0.4, 0.5) is 0 Å². The molecule has 1 aromatic rings. The molecule has 3 atom stereocenters. The molecule has 0 aliphatic rings. The summed E-state index contributed by atoms with van der Waals surface area (Å²) in [6.07, 6.45) is 3.70. The van der Waals surface area contributed by atoms with Crippen molar-refractivity contribution in [3.05, 3.63) is 35.9 Å². The maximum Gasteiger partial charge on any atom is 0.320 e. The summed E-state index contributed by atoms with van der Waals surface area (Å²) in [4.78, 5) is 31.5. The normalized spacial score (nSPS) is 12.7. The minimum absolute atomic E-state index is 0.183. The number of aliphatic hydroxyl groups is 1. The molecule has 1 rings (SSSR count). The number of thioether (sulfide) groups is 1. The second-order valence-electron chi connectivity index (χ2n) is 7.58. The van der Waals surface area contributed by atoms with Gasteiger partial charge in [0.05, 0.1) is 0 Å². The molecule has 0 heterocycles. The molecule has 0 fully saturated rings. The molecule has 8 N–H and O–H groups in total. The number of carboxylic acids is 2. The van der Waals surface area contributed by atoms with E-state index in [2.05, 4.69) is 20.9 Å². The summed E-state index contributed by atoms with van der Waals surface area (Å²) in [5.41, 5.74) is 11.8. The summed E-state index contributed by atoms with van der Waals surface area (Å²) in [5, 5.41) is 28.3. The van der Waals surface area contributed by atoms with Gasteiger partial charge in [0, 0.05) is 6.92 Å². The first-order valence-electron chi connectivity index (χ1n) is 10.3. The fourth-order valence-corrected chi connectivity index (χ4v) is 3.00. The van der Waals surface area contributed by atoms with Crippen LogP contribution < -0.4 is 16.8 Å². The van der Waals surface area contributed by atoms with Crippen LogP contribution in [0, 0.1) is 5.92 Å². The van der Waals surface area contributed by atoms with E-state index in [-0.39, 0.29) is 22.5 Å². The molecule has 1 amide bonds. The van der Waals surface area contributed by atoms with Crippen molar-refractivity contribution in [3.8, 4) is 0 Å². The van der Waals surface area contributed by atoms with Gasteiger partial charge in [-0.2, -0.15) is 0 Å². The summed E-state index contributed by atoms with van der Waals surface area (Å²) in [5.74, 6) is -0.980. The summed E-state index contributed by atoms with van der Waals surface area (Å²) >= 11 is 4.22. The molecular formula is C22H37N3O6SSe. The number of aliphatic carboxylic acids is 2. The van der Waals surface area contributed by atoms with Crippen molar-refractivity contribution in [1.82, 2.24) is 5.32 Å². The molecule has 0 radical (unpaired) electrons. The number of benzene rings is 1. The molecule has 0 saturated heterocycles. The van der Waals surface area contributed by atoms with Gasteiger partial charge in [-0.15, -0.1) is 0 Å². The van der Waals surface area contributed by atoms with Crippen molar-refractivity contribution in [2.75, 3.05) is 12.0 Å². The molecule has 0 aliphatic carbocycles. The van der Waals surface area contributed by atoms with E-state index in [9.17, 15) is 14.4 Å². The largest absolute Gasteiger partial charge is 0.480 e. The smallest absolute Gasteiger partial charge is 0.320 e. The van der Waals surface area contributed by atoms with E-state index in [0.29, 0.717) is 12.8 Å². The quantitative estimate of drug-likeness (QED) is 0.220. The number of aliphatic hydroxyl groups excluding tert-OH is 1. The van der Waals surface area contributed by atoms with Gasteiger partial charge in [0.15, 0.2) is 0 Å². The molecule has 9 nitrogen and oxygen atoms in total. The fourth-order valence-electron chi connectivity index (χ4n) is 2.26. The van der Waals surface area contributed by atoms with Crippen LogP contribution in [0.25, 0.3) is 0 Å². The molecule has 33 heavy (non-hydrogen) atoms. The zero-order valence-electron chi connectivity index (χ0n) is 19.6. The third-order valence-corrected chi connectivity index (χ3v) is 5.23. The summed E-state index contributed by atoms with van der Waals surface area (Å²) < 4.78 is 0.212. The van der Waals surface area contributed by atoms with Gasteiger partial charge in [-0.05, 0) is 24.3 Å². The van der Waals surface area contributed by atoms with Gasteiger partial charge in [-0.1, -0.05) is 44.2 Å². The van der Waals surface area contributed by atoms with Crippen molar-refractivity contribution in [3.63, 3.8) is 0 Å². The maximum absolute atomic E-state index is 10.6. The van der Waals surface area contributed by atoms with Crippen LogP contribution >= 0.6 is 11.8 Å². The number of hydrogen-bond acceptors (Lipinski definition) is 7. The van der Waals surface area contributed by atoms with Crippen molar-refractivity contribution in [1.29, 1.82) is 0 Å². The predicted octanol–water partition coefficient (Wildman–Crippen LogP) is 1.00. The first kappa shape index (κ1) is 33.3. The Hall–Kier alpha value is -1.91. The standard InChI is InChI=1S/C9H11NO2.C8H15NO3.C5H11NOSSe/c10-8(9(11)12)6-7-4-2-1-3-5-7;1-5(2)4-7(8(11)12)9-6(3)10;1-8-3-2-4(6)5(7)9/h1-5,8H,6,10H2,(H,11,12);5,7H,4H2,1-3H3,(H,9,10)(H,11,12);4H,2-3,6H2,1H3,(H,7,9)/t8-;7-;4-/m000/s1. The average molecular weight is 551 g/mol. The van der Waals surface area contributed by atoms with Gasteiger partial charge in [-0.3, -0.25) is 9.59 Å². The molecule has 0 aliphatic heterocycles. The molecular weight excluding hydrogens is 513 g/mol. The van der Waals surface area contributed by atoms with Crippen molar-refractivity contribution in [2.24, 2.45) is 17.4 Å². The van der Waals surface area contributed by atoms with Crippen LogP contribution in [0.5, 0.6) is 0 Å². The second kappa shape index (κ2) is 19.5. The van der Waals surface area contributed by atoms with E-state index in [1.54, 1.807) is 11.8 Å². The number of carbonyl (C=O) groups is 3. The van der Waals surface area contributed by atoms with Crippen molar-refractivity contribution in [2.45, 2.75) is 58.2 Å². The van der Waals surface area contributed by atoms with Gasteiger partial charge in [0.25, 0.3) is 0 Å². The molecule has 188 valence electrons. The predicted molar refractivity (Wildman–Crippen MR) is 134 cm³/mol. The SMILES string of the molecule is CC(=O)N[C@@H](CC(C)C)C(=O)O.CSCC[C@H](N)C(O)=[Se].N[C@@H](Cc1ccccc1)C(=O)O. The summed E-state index contributed by atoms with van der Waals surface area (Å²) in [6, 6.07) is 7.61. The Labute approximate surface area is 208 Å². The van der Waals surface area contributed by atoms with Crippen LogP contribution in [-0.4, -0.2) is 83.5 Å². The van der Waals surface area contributed by atoms with Gasteiger partial charge in [0.1, 0.15) is 12.1 Å². The number of carboxylic acid groups (broad SMARTS) is 2. The number of hydrogen-bond donors (Lipinski definition) is 6. The van der Waals surface area contributed by atoms with E-state index < -0.39 is 24.0 Å². The zero-order valence-corrected chi connectivity index (χ0v) is 22.1. The van der Waals surface area contributed by atoms with Gasteiger partial charge in [-0.25, -0.2) is 4.79 Å². The number of rotatable bonds is 11. The fraction of sp³-hybridized carbons (Fsp3) is 0.545. The Morgan fingerprint density at radius 3 is 1.94 bits per heavy atom. The van der Waals surface area contributed by atoms with Crippen LogP contribution in [0.15, 0.2) is 30.3 Å². The molecule has 1 aromatic carbocycles. The average Bonchev–Trinajstić information content (AvgIpc) is 2.72. The van der Waals surface area contributed by atoms with Crippen LogP contribution in [0.1, 0.15) is 39.2 Å². The third kappa shape index (κ3) is 20.4. The van der Waals surface area contributed by atoms with E-state index in [4.69, 9.17) is 26.8 Å². The van der Waals surface area contributed by atoms with Gasteiger partial charge in [0.2, 0.25) is 5.91 Å². The Morgan fingerprint density at radius 2 is 1.58 bits per heavy atom. The summed E-state index contributed by atoms with van der Waals surface area (Å²) in [7, 11) is 0. The van der Waals surface area contributed by atoms with Crippen molar-refractivity contribution >= 4 is 49.8 Å². The number of amides is 1. The second-order valence-corrected chi connectivity index (χ2v) is 9.44. The van der Waals surface area contributed by atoms with Gasteiger partial charge < -0.3 is 21.3 Å². The van der Waals surface area contributed by atoms with E-state index in [0.717, 1.165) is 17.7 Å². The number of carbonyl (C=O) groups excluding carboxylic acids is 1. The number of nitrogens with one attached hydrogen (secondary N) is 1. The first-order valence-corrected chi connectivity index (χ1v) is 12.6.